The van der Waals surface area contributed by atoms with E-state index in [2.05, 4.69) is 15.9 Å². The zero-order chi connectivity index (χ0) is 14.7. The zero-order valence-electron chi connectivity index (χ0n) is 10.2. The molecule has 0 aliphatic heterocycles. The van der Waals surface area contributed by atoms with Gasteiger partial charge in [0.25, 0.3) is 0 Å². The van der Waals surface area contributed by atoms with E-state index in [1.54, 1.807) is 18.2 Å². The summed E-state index contributed by atoms with van der Waals surface area (Å²) in [6.45, 7) is 0. The maximum atomic E-state index is 13.6. The lowest BCUT2D eigenvalue weighted by Gasteiger charge is -2.05. The summed E-state index contributed by atoms with van der Waals surface area (Å²) in [6.07, 6.45) is 0. The normalized spacial score (nSPS) is 12.1. The van der Waals surface area contributed by atoms with Gasteiger partial charge in [-0.2, -0.15) is 0 Å². The van der Waals surface area contributed by atoms with E-state index < -0.39 is 22.6 Å². The maximum Gasteiger partial charge on any atom is 0.335 e. The van der Waals surface area contributed by atoms with Crippen LogP contribution in [0.1, 0.15) is 15.9 Å². The zero-order valence-corrected chi connectivity index (χ0v) is 12.6. The van der Waals surface area contributed by atoms with Crippen LogP contribution >= 0.6 is 15.9 Å². The van der Waals surface area contributed by atoms with Crippen LogP contribution in [0.25, 0.3) is 0 Å². The van der Waals surface area contributed by atoms with Crippen LogP contribution < -0.4 is 0 Å². The van der Waals surface area contributed by atoms with Gasteiger partial charge in [0.05, 0.1) is 22.1 Å². The minimum atomic E-state index is -1.50. The van der Waals surface area contributed by atoms with Gasteiger partial charge in [-0.05, 0) is 36.4 Å². The van der Waals surface area contributed by atoms with E-state index in [-0.39, 0.29) is 11.3 Å². The monoisotopic (exact) mass is 356 g/mol. The molecular weight excluding hydrogens is 347 g/mol. The van der Waals surface area contributed by atoms with Crippen molar-refractivity contribution in [1.82, 2.24) is 0 Å². The lowest BCUT2D eigenvalue weighted by Crippen LogP contribution is -2.02. The number of benzene rings is 2. The van der Waals surface area contributed by atoms with Crippen LogP contribution in [0.15, 0.2) is 51.8 Å². The third kappa shape index (κ3) is 3.52. The van der Waals surface area contributed by atoms with Crippen LogP contribution in [-0.4, -0.2) is 15.3 Å². The average molecular weight is 357 g/mol. The Morgan fingerprint density at radius 3 is 2.70 bits per heavy atom. The molecule has 0 fully saturated rings. The van der Waals surface area contributed by atoms with Crippen LogP contribution in [0.3, 0.4) is 0 Å². The largest absolute Gasteiger partial charge is 0.478 e. The second kappa shape index (κ2) is 6.28. The fourth-order valence-electron chi connectivity index (χ4n) is 1.65. The molecular formula is C14H10BrFO3S. The maximum absolute atomic E-state index is 13.6. The molecule has 0 aliphatic carbocycles. The number of halogens is 2. The number of aromatic carboxylic acids is 1. The highest BCUT2D eigenvalue weighted by Gasteiger charge is 2.11. The molecule has 0 aliphatic rings. The Bertz CT molecular complexity index is 688. The number of carboxylic acids is 1. The molecule has 6 heteroatoms. The SMILES string of the molecule is O=C(O)c1cccc(S(=O)Cc2cc(Br)ccc2F)c1. The molecule has 2 rings (SSSR count). The summed E-state index contributed by atoms with van der Waals surface area (Å²) in [4.78, 5) is 11.2. The Labute approximate surface area is 126 Å². The van der Waals surface area contributed by atoms with Gasteiger partial charge in [-0.3, -0.25) is 4.21 Å². The highest BCUT2D eigenvalue weighted by Crippen LogP contribution is 2.20. The molecule has 0 aromatic heterocycles. The molecule has 0 heterocycles. The van der Waals surface area contributed by atoms with E-state index in [1.165, 1.54) is 24.3 Å². The van der Waals surface area contributed by atoms with Crippen molar-refractivity contribution in [3.63, 3.8) is 0 Å². The number of carboxylic acid groups (broad SMARTS) is 1. The number of hydrogen-bond acceptors (Lipinski definition) is 2. The molecule has 0 amide bonds. The summed E-state index contributed by atoms with van der Waals surface area (Å²) < 4.78 is 26.5. The highest BCUT2D eigenvalue weighted by molar-refractivity contribution is 9.10. The molecule has 0 spiro atoms. The Morgan fingerprint density at radius 2 is 2.00 bits per heavy atom. The molecule has 0 radical (unpaired) electrons. The highest BCUT2D eigenvalue weighted by atomic mass is 79.9. The van der Waals surface area contributed by atoms with Crippen molar-refractivity contribution in [3.8, 4) is 0 Å². The molecule has 0 bridgehead atoms. The predicted octanol–water partition coefficient (Wildman–Crippen LogP) is 3.59. The van der Waals surface area contributed by atoms with Crippen LogP contribution in [0.5, 0.6) is 0 Å². The van der Waals surface area contributed by atoms with E-state index >= 15 is 0 Å². The fraction of sp³-hybridized carbons (Fsp3) is 0.0714. The Hall–Kier alpha value is -1.53. The van der Waals surface area contributed by atoms with Gasteiger partial charge in [-0.1, -0.05) is 22.0 Å². The molecule has 20 heavy (non-hydrogen) atoms. The molecule has 0 saturated heterocycles. The quantitative estimate of drug-likeness (QED) is 0.910. The average Bonchev–Trinajstić information content (AvgIpc) is 2.43. The lowest BCUT2D eigenvalue weighted by atomic mass is 10.2. The lowest BCUT2D eigenvalue weighted by molar-refractivity contribution is 0.0696. The summed E-state index contributed by atoms with van der Waals surface area (Å²) in [6, 6.07) is 10.3. The predicted molar refractivity (Wildman–Crippen MR) is 77.6 cm³/mol. The smallest absolute Gasteiger partial charge is 0.335 e. The van der Waals surface area contributed by atoms with Crippen molar-refractivity contribution in [2.75, 3.05) is 0 Å². The van der Waals surface area contributed by atoms with Gasteiger partial charge in [-0.25, -0.2) is 9.18 Å². The van der Waals surface area contributed by atoms with Gasteiger partial charge in [-0.15, -0.1) is 0 Å². The van der Waals surface area contributed by atoms with Gasteiger partial charge in [0.15, 0.2) is 0 Å². The van der Waals surface area contributed by atoms with Crippen molar-refractivity contribution in [2.45, 2.75) is 10.6 Å². The Morgan fingerprint density at radius 1 is 1.25 bits per heavy atom. The van der Waals surface area contributed by atoms with Crippen LogP contribution in [0, 0.1) is 5.82 Å². The third-order valence-corrected chi connectivity index (χ3v) is 4.48. The number of carbonyl (C=O) groups is 1. The summed E-state index contributed by atoms with van der Waals surface area (Å²) >= 11 is 3.23. The van der Waals surface area contributed by atoms with Gasteiger partial charge in [0, 0.05) is 14.9 Å². The number of hydrogen-bond donors (Lipinski definition) is 1. The summed E-state index contributed by atoms with van der Waals surface area (Å²) in [5.41, 5.74) is 0.379. The Kier molecular flexibility index (Phi) is 4.67. The van der Waals surface area contributed by atoms with Gasteiger partial charge >= 0.3 is 5.97 Å². The second-order valence-corrected chi connectivity index (χ2v) is 6.43. The van der Waals surface area contributed by atoms with Crippen LogP contribution in [0.2, 0.25) is 0 Å². The number of rotatable bonds is 4. The molecule has 1 atom stereocenters. The summed E-state index contributed by atoms with van der Waals surface area (Å²) in [7, 11) is -1.50. The fourth-order valence-corrected chi connectivity index (χ4v) is 3.22. The Balaban J connectivity index is 2.26. The topological polar surface area (TPSA) is 54.4 Å². The van der Waals surface area contributed by atoms with Gasteiger partial charge < -0.3 is 5.11 Å². The molecule has 3 nitrogen and oxygen atoms in total. The van der Waals surface area contributed by atoms with E-state index in [1.807, 2.05) is 0 Å². The minimum absolute atomic E-state index is 0.00561. The van der Waals surface area contributed by atoms with Crippen molar-refractivity contribution in [3.05, 3.63) is 63.9 Å². The van der Waals surface area contributed by atoms with E-state index in [0.29, 0.717) is 14.9 Å². The van der Waals surface area contributed by atoms with Gasteiger partial charge in [0.1, 0.15) is 5.82 Å². The van der Waals surface area contributed by atoms with Crippen molar-refractivity contribution in [2.24, 2.45) is 0 Å². The second-order valence-electron chi connectivity index (χ2n) is 4.06. The summed E-state index contributed by atoms with van der Waals surface area (Å²) in [5, 5.41) is 8.90. The minimum Gasteiger partial charge on any atom is -0.478 e. The third-order valence-electron chi connectivity index (χ3n) is 2.64. The van der Waals surface area contributed by atoms with Crippen LogP contribution in [0.4, 0.5) is 4.39 Å². The van der Waals surface area contributed by atoms with Crippen LogP contribution in [-0.2, 0) is 16.6 Å². The summed E-state index contributed by atoms with van der Waals surface area (Å²) in [5.74, 6) is -1.53. The van der Waals surface area contributed by atoms with E-state index in [9.17, 15) is 13.4 Å². The van der Waals surface area contributed by atoms with Crippen molar-refractivity contribution >= 4 is 32.7 Å². The standard InChI is InChI=1S/C14H10BrFO3S/c15-11-4-5-13(16)10(6-11)8-20(19)12-3-1-2-9(7-12)14(17)18/h1-7H,8H2,(H,17,18). The van der Waals surface area contributed by atoms with Gasteiger partial charge in [0.2, 0.25) is 0 Å². The van der Waals surface area contributed by atoms with Crippen molar-refractivity contribution < 1.29 is 18.5 Å². The molecule has 1 unspecified atom stereocenters. The molecule has 2 aromatic carbocycles. The van der Waals surface area contributed by atoms with Crippen molar-refractivity contribution in [1.29, 1.82) is 0 Å². The molecule has 1 N–H and O–H groups in total. The molecule has 0 saturated carbocycles. The first-order chi connectivity index (χ1) is 9.47. The van der Waals surface area contributed by atoms with E-state index in [0.717, 1.165) is 0 Å². The first-order valence-corrected chi connectivity index (χ1v) is 7.74. The molecule has 104 valence electrons. The molecule has 2 aromatic rings. The first-order valence-electron chi connectivity index (χ1n) is 5.63. The van der Waals surface area contributed by atoms with E-state index in [4.69, 9.17) is 5.11 Å². The first kappa shape index (κ1) is 14.9.